The Bertz CT molecular complexity index is 837. The molecule has 2 aliphatic heterocycles. The Balaban J connectivity index is 1.43. The van der Waals surface area contributed by atoms with Crippen molar-refractivity contribution in [2.24, 2.45) is 5.92 Å². The molecule has 33 heavy (non-hydrogen) atoms. The first-order chi connectivity index (χ1) is 16.0. The summed E-state index contributed by atoms with van der Waals surface area (Å²) in [6.45, 7) is 1.87. The van der Waals surface area contributed by atoms with Crippen molar-refractivity contribution >= 4 is 23.5 Å². The highest BCUT2D eigenvalue weighted by Crippen LogP contribution is 2.27. The quantitative estimate of drug-likeness (QED) is 0.707. The Hall–Kier alpha value is -2.68. The predicted octanol–water partition coefficient (Wildman–Crippen LogP) is 2.75. The van der Waals surface area contributed by atoms with Crippen LogP contribution in [0.3, 0.4) is 0 Å². The molecule has 1 aromatic carbocycles. The number of carbonyl (C=O) groups is 3. The average Bonchev–Trinajstić information content (AvgIpc) is 3.37. The Morgan fingerprint density at radius 3 is 2.45 bits per heavy atom. The van der Waals surface area contributed by atoms with Crippen LogP contribution in [-0.2, 0) is 14.3 Å². The molecule has 1 saturated carbocycles. The minimum atomic E-state index is -0.742. The molecular weight excluding hydrogens is 427 g/mol. The van der Waals surface area contributed by atoms with Crippen LogP contribution in [-0.4, -0.2) is 72.6 Å². The van der Waals surface area contributed by atoms with Crippen molar-refractivity contribution in [3.05, 3.63) is 30.1 Å². The molecule has 3 fully saturated rings. The molecule has 180 valence electrons. The third kappa shape index (κ3) is 6.01. The van der Waals surface area contributed by atoms with Gasteiger partial charge in [0.15, 0.2) is 0 Å². The summed E-state index contributed by atoms with van der Waals surface area (Å²) >= 11 is 0. The van der Waals surface area contributed by atoms with Crippen LogP contribution in [0.4, 0.5) is 14.9 Å². The summed E-state index contributed by atoms with van der Waals surface area (Å²) in [6, 6.07) is 4.41. The fourth-order valence-electron chi connectivity index (χ4n) is 4.91. The van der Waals surface area contributed by atoms with E-state index in [2.05, 4.69) is 10.6 Å². The largest absolute Gasteiger partial charge is 0.376 e. The molecule has 3 aliphatic rings. The summed E-state index contributed by atoms with van der Waals surface area (Å²) in [5.41, 5.74) is 0.474. The standard InChI is InChI=1S/C24H33FN4O4/c25-18-8-10-19(11-9-18)27-24(32)28-12-13-29(23(31)17-5-2-1-3-6-17)21(16-28)22(30)26-15-20-7-4-14-33-20/h8-11,17,20-21H,1-7,12-16H2,(H,26,30)(H,27,32). The maximum Gasteiger partial charge on any atom is 0.321 e. The van der Waals surface area contributed by atoms with E-state index < -0.39 is 6.04 Å². The highest BCUT2D eigenvalue weighted by Gasteiger charge is 2.39. The van der Waals surface area contributed by atoms with Gasteiger partial charge in [0.1, 0.15) is 11.9 Å². The normalized spacial score (nSPS) is 23.9. The number of urea groups is 1. The lowest BCUT2D eigenvalue weighted by molar-refractivity contribution is -0.147. The zero-order valence-corrected chi connectivity index (χ0v) is 18.9. The van der Waals surface area contributed by atoms with Crippen LogP contribution in [0.5, 0.6) is 0 Å². The summed E-state index contributed by atoms with van der Waals surface area (Å²) in [5, 5.41) is 5.69. The molecule has 2 heterocycles. The van der Waals surface area contributed by atoms with Crippen molar-refractivity contribution in [1.29, 1.82) is 0 Å². The lowest BCUT2D eigenvalue weighted by Crippen LogP contribution is -2.63. The van der Waals surface area contributed by atoms with Gasteiger partial charge < -0.3 is 25.2 Å². The third-order valence-electron chi connectivity index (χ3n) is 6.83. The number of rotatable bonds is 5. The van der Waals surface area contributed by atoms with Gasteiger partial charge >= 0.3 is 6.03 Å². The monoisotopic (exact) mass is 460 g/mol. The smallest absolute Gasteiger partial charge is 0.321 e. The highest BCUT2D eigenvalue weighted by atomic mass is 19.1. The van der Waals surface area contributed by atoms with Crippen LogP contribution in [0.1, 0.15) is 44.9 Å². The third-order valence-corrected chi connectivity index (χ3v) is 6.83. The van der Waals surface area contributed by atoms with Gasteiger partial charge in [-0.2, -0.15) is 0 Å². The van der Waals surface area contributed by atoms with Gasteiger partial charge in [0.25, 0.3) is 0 Å². The Labute approximate surface area is 193 Å². The molecule has 0 aromatic heterocycles. The molecule has 0 radical (unpaired) electrons. The van der Waals surface area contributed by atoms with Gasteiger partial charge in [0.05, 0.1) is 12.6 Å². The number of hydrogen-bond donors (Lipinski definition) is 2. The van der Waals surface area contributed by atoms with E-state index in [1.807, 2.05) is 0 Å². The molecular formula is C24H33FN4O4. The van der Waals surface area contributed by atoms with Gasteiger partial charge in [-0.25, -0.2) is 9.18 Å². The zero-order valence-electron chi connectivity index (χ0n) is 18.9. The van der Waals surface area contributed by atoms with Gasteiger partial charge in [-0.15, -0.1) is 0 Å². The van der Waals surface area contributed by atoms with Crippen LogP contribution in [0, 0.1) is 11.7 Å². The molecule has 2 unspecified atom stereocenters. The van der Waals surface area contributed by atoms with Crippen LogP contribution in [0.25, 0.3) is 0 Å². The molecule has 0 bridgehead atoms. The Morgan fingerprint density at radius 2 is 1.76 bits per heavy atom. The number of carbonyl (C=O) groups excluding carboxylic acids is 3. The fraction of sp³-hybridized carbons (Fsp3) is 0.625. The Morgan fingerprint density at radius 1 is 1.00 bits per heavy atom. The first-order valence-corrected chi connectivity index (χ1v) is 12.0. The number of nitrogens with one attached hydrogen (secondary N) is 2. The number of anilines is 1. The van der Waals surface area contributed by atoms with Crippen molar-refractivity contribution in [3.8, 4) is 0 Å². The van der Waals surface area contributed by atoms with E-state index in [1.54, 1.807) is 9.80 Å². The molecule has 8 nitrogen and oxygen atoms in total. The summed E-state index contributed by atoms with van der Waals surface area (Å²) < 4.78 is 18.8. The molecule has 1 aromatic rings. The minimum Gasteiger partial charge on any atom is -0.376 e. The van der Waals surface area contributed by atoms with Crippen LogP contribution in [0.15, 0.2) is 24.3 Å². The second kappa shape index (κ2) is 11.0. The van der Waals surface area contributed by atoms with Crippen LogP contribution in [0.2, 0.25) is 0 Å². The zero-order chi connectivity index (χ0) is 23.2. The maximum atomic E-state index is 13.3. The maximum absolute atomic E-state index is 13.3. The number of piperazine rings is 1. The summed E-state index contributed by atoms with van der Waals surface area (Å²) in [4.78, 5) is 42.5. The van der Waals surface area contributed by atoms with Crippen LogP contribution >= 0.6 is 0 Å². The summed E-state index contributed by atoms with van der Waals surface area (Å²) in [7, 11) is 0. The number of ether oxygens (including phenoxy) is 1. The van der Waals surface area contributed by atoms with E-state index in [-0.39, 0.29) is 42.2 Å². The minimum absolute atomic E-state index is 0.00193. The summed E-state index contributed by atoms with van der Waals surface area (Å²) in [5.74, 6) is -0.669. The van der Waals surface area contributed by atoms with E-state index >= 15 is 0 Å². The SMILES string of the molecule is O=C(NCC1CCCO1)C1CN(C(=O)Nc2ccc(F)cc2)CCN1C(=O)C1CCCCC1. The molecule has 0 spiro atoms. The molecule has 2 saturated heterocycles. The van der Waals surface area contributed by atoms with E-state index in [0.717, 1.165) is 44.9 Å². The van der Waals surface area contributed by atoms with Crippen molar-refractivity contribution in [2.75, 3.05) is 38.1 Å². The first-order valence-electron chi connectivity index (χ1n) is 12.0. The molecule has 9 heteroatoms. The molecule has 2 N–H and O–H groups in total. The van der Waals surface area contributed by atoms with Gasteiger partial charge in [-0.3, -0.25) is 9.59 Å². The second-order valence-corrected chi connectivity index (χ2v) is 9.15. The fourth-order valence-corrected chi connectivity index (χ4v) is 4.91. The Kier molecular flexibility index (Phi) is 7.80. The van der Waals surface area contributed by atoms with E-state index in [4.69, 9.17) is 4.74 Å². The lowest BCUT2D eigenvalue weighted by Gasteiger charge is -2.42. The van der Waals surface area contributed by atoms with Crippen LogP contribution < -0.4 is 10.6 Å². The van der Waals surface area contributed by atoms with E-state index in [1.165, 1.54) is 24.3 Å². The summed E-state index contributed by atoms with van der Waals surface area (Å²) in [6.07, 6.45) is 6.81. The number of halogens is 1. The number of hydrogen-bond acceptors (Lipinski definition) is 4. The predicted molar refractivity (Wildman–Crippen MR) is 121 cm³/mol. The lowest BCUT2D eigenvalue weighted by atomic mass is 9.87. The number of nitrogens with zero attached hydrogens (tertiary/aromatic N) is 2. The van der Waals surface area contributed by atoms with E-state index in [9.17, 15) is 18.8 Å². The van der Waals surface area contributed by atoms with Gasteiger partial charge in [0, 0.05) is 37.8 Å². The second-order valence-electron chi connectivity index (χ2n) is 9.15. The molecule has 4 amide bonds. The van der Waals surface area contributed by atoms with Gasteiger partial charge in [-0.1, -0.05) is 19.3 Å². The number of benzene rings is 1. The van der Waals surface area contributed by atoms with E-state index in [0.29, 0.717) is 31.9 Å². The molecule has 4 rings (SSSR count). The average molecular weight is 461 g/mol. The highest BCUT2D eigenvalue weighted by molar-refractivity contribution is 5.92. The van der Waals surface area contributed by atoms with Gasteiger partial charge in [-0.05, 0) is 49.9 Å². The van der Waals surface area contributed by atoms with Crippen molar-refractivity contribution in [1.82, 2.24) is 15.1 Å². The number of amides is 4. The molecule has 1 aliphatic carbocycles. The van der Waals surface area contributed by atoms with Crippen molar-refractivity contribution in [2.45, 2.75) is 57.1 Å². The van der Waals surface area contributed by atoms with Crippen molar-refractivity contribution < 1.29 is 23.5 Å². The van der Waals surface area contributed by atoms with Crippen molar-refractivity contribution in [3.63, 3.8) is 0 Å². The van der Waals surface area contributed by atoms with Gasteiger partial charge in [0.2, 0.25) is 11.8 Å². The first kappa shape index (κ1) is 23.5. The molecule has 2 atom stereocenters. The topological polar surface area (TPSA) is 91.0 Å².